The highest BCUT2D eigenvalue weighted by Gasteiger charge is 2.26. The lowest BCUT2D eigenvalue weighted by Crippen LogP contribution is -2.38. The molecule has 4 rings (SSSR count). The first-order valence-corrected chi connectivity index (χ1v) is 12.5. The number of amides is 1. The monoisotopic (exact) mass is 523 g/mol. The van der Waals surface area contributed by atoms with E-state index in [9.17, 15) is 9.18 Å². The van der Waals surface area contributed by atoms with Gasteiger partial charge in [-0.05, 0) is 42.7 Å². The summed E-state index contributed by atoms with van der Waals surface area (Å²) in [6.07, 6.45) is 5.68. The molecule has 1 aromatic carbocycles. The van der Waals surface area contributed by atoms with Crippen LogP contribution in [-0.2, 0) is 17.6 Å². The molecule has 0 radical (unpaired) electrons. The number of hydrogen-bond acceptors (Lipinski definition) is 4. The molecule has 0 saturated heterocycles. The molecule has 0 N–H and O–H groups in total. The molecule has 2 aliphatic heterocycles. The van der Waals surface area contributed by atoms with Crippen molar-refractivity contribution in [2.75, 3.05) is 19.6 Å². The number of aryl methyl sites for hydroxylation is 2. The Kier molecular flexibility index (Phi) is 6.36. The van der Waals surface area contributed by atoms with E-state index in [-0.39, 0.29) is 11.7 Å². The number of carbonyl (C=O) groups excluding carboxylic acids is 1. The van der Waals surface area contributed by atoms with E-state index in [4.69, 9.17) is 4.42 Å². The van der Waals surface area contributed by atoms with Crippen molar-refractivity contribution >= 4 is 30.4 Å². The molecule has 2 aliphatic rings. The Balaban J connectivity index is 1.47. The van der Waals surface area contributed by atoms with Crippen LogP contribution in [0.1, 0.15) is 48.2 Å². The van der Waals surface area contributed by atoms with Gasteiger partial charge >= 0.3 is 0 Å². The molecule has 30 heavy (non-hydrogen) atoms. The van der Waals surface area contributed by atoms with Gasteiger partial charge in [-0.3, -0.25) is 4.79 Å². The number of oxazole rings is 1. The van der Waals surface area contributed by atoms with E-state index in [0.29, 0.717) is 31.1 Å². The number of aromatic nitrogens is 1. The smallest absolute Gasteiger partial charge is 0.242 e. The number of nitrogens with zero attached hydrogens (tertiary/aromatic N) is 3. The molecule has 0 spiro atoms. The van der Waals surface area contributed by atoms with Crippen LogP contribution in [0.2, 0.25) is 0 Å². The summed E-state index contributed by atoms with van der Waals surface area (Å²) in [7, 11) is 0. The first-order chi connectivity index (χ1) is 14.4. The van der Waals surface area contributed by atoms with E-state index in [1.807, 2.05) is 24.0 Å². The predicted octanol–water partition coefficient (Wildman–Crippen LogP) is 4.46. The zero-order valence-electron chi connectivity index (χ0n) is 17.7. The fourth-order valence-electron chi connectivity index (χ4n) is 3.87. The van der Waals surface area contributed by atoms with E-state index in [1.165, 1.54) is 15.3 Å². The van der Waals surface area contributed by atoms with Gasteiger partial charge in [0.05, 0.1) is 5.69 Å². The Morgan fingerprint density at radius 2 is 2.07 bits per heavy atom. The summed E-state index contributed by atoms with van der Waals surface area (Å²) >= 11 is -0.492. The van der Waals surface area contributed by atoms with Crippen molar-refractivity contribution in [3.05, 3.63) is 64.3 Å². The van der Waals surface area contributed by atoms with Crippen LogP contribution in [0.15, 0.2) is 34.4 Å². The minimum Gasteiger partial charge on any atom is -0.446 e. The molecule has 2 aromatic rings. The third-order valence-electron chi connectivity index (χ3n) is 5.48. The van der Waals surface area contributed by atoms with E-state index in [0.717, 1.165) is 42.7 Å². The first-order valence-electron chi connectivity index (χ1n) is 10.4. The van der Waals surface area contributed by atoms with Crippen molar-refractivity contribution in [2.45, 2.75) is 46.5 Å². The highest BCUT2D eigenvalue weighted by Crippen LogP contribution is 2.32. The zero-order chi connectivity index (χ0) is 21.3. The van der Waals surface area contributed by atoms with Crippen LogP contribution >= 0.6 is 21.0 Å². The highest BCUT2D eigenvalue weighted by atomic mass is 127. The minimum atomic E-state index is -0.492. The summed E-state index contributed by atoms with van der Waals surface area (Å²) < 4.78 is 22.9. The molecule has 0 bridgehead atoms. The normalized spacial score (nSPS) is 16.5. The maximum Gasteiger partial charge on any atom is 0.242 e. The lowest BCUT2D eigenvalue weighted by molar-refractivity contribution is -0.130. The Labute approximate surface area is 187 Å². The van der Waals surface area contributed by atoms with Gasteiger partial charge in [0.15, 0.2) is 5.89 Å². The van der Waals surface area contributed by atoms with Gasteiger partial charge in [-0.15, -0.1) is 0 Å². The van der Waals surface area contributed by atoms with Gasteiger partial charge in [0.25, 0.3) is 0 Å². The van der Waals surface area contributed by atoms with Crippen molar-refractivity contribution in [3.8, 4) is 0 Å². The van der Waals surface area contributed by atoms with Crippen LogP contribution < -0.4 is 0 Å². The van der Waals surface area contributed by atoms with E-state index in [1.54, 1.807) is 6.92 Å². The maximum atomic E-state index is 13.7. The average molecular weight is 523 g/mol. The number of halogens is 2. The van der Waals surface area contributed by atoms with Gasteiger partial charge < -0.3 is 12.4 Å². The van der Waals surface area contributed by atoms with Crippen LogP contribution in [0.3, 0.4) is 0 Å². The second-order valence-electron chi connectivity index (χ2n) is 7.79. The number of carbonyl (C=O) groups is 1. The number of rotatable bonds is 5. The molecule has 0 fully saturated rings. The first kappa shape index (κ1) is 21.2. The van der Waals surface area contributed by atoms with Gasteiger partial charge in [0.2, 0.25) is 5.91 Å². The molecule has 3 heterocycles. The molecule has 1 aromatic heterocycles. The van der Waals surface area contributed by atoms with Crippen LogP contribution in [0.25, 0.3) is 0 Å². The average Bonchev–Trinajstić information content (AvgIpc) is 3.21. The SMILES string of the molecule is CCCC1=CC(c2ccc(F)c(C)c2)=IN1CC(=O)N1CCc2nc(C)oc2CC1. The van der Waals surface area contributed by atoms with Crippen molar-refractivity contribution < 1.29 is 13.6 Å². The summed E-state index contributed by atoms with van der Waals surface area (Å²) in [6, 6.07) is 5.31. The summed E-state index contributed by atoms with van der Waals surface area (Å²) in [6.45, 7) is 7.59. The molecule has 160 valence electrons. The fraction of sp³-hybridized carbons (Fsp3) is 0.435. The molecule has 5 nitrogen and oxygen atoms in total. The molecule has 1 amide bonds. The highest BCUT2D eigenvalue weighted by molar-refractivity contribution is 14.2. The van der Waals surface area contributed by atoms with E-state index in [2.05, 4.69) is 21.1 Å². The number of fused-ring (bicyclic) bond motifs is 1. The zero-order valence-corrected chi connectivity index (χ0v) is 19.8. The van der Waals surface area contributed by atoms with Gasteiger partial charge in [-0.1, -0.05) is 19.4 Å². The van der Waals surface area contributed by atoms with Crippen molar-refractivity contribution in [2.24, 2.45) is 0 Å². The molecule has 7 heteroatoms. The van der Waals surface area contributed by atoms with E-state index < -0.39 is 21.0 Å². The quantitative estimate of drug-likeness (QED) is 0.429. The van der Waals surface area contributed by atoms with Crippen LogP contribution in [0, 0.1) is 19.7 Å². The second kappa shape index (κ2) is 8.99. The molecule has 0 unspecified atom stereocenters. The van der Waals surface area contributed by atoms with E-state index >= 15 is 0 Å². The predicted molar refractivity (Wildman–Crippen MR) is 124 cm³/mol. The molecule has 0 atom stereocenters. The minimum absolute atomic E-state index is 0.162. The van der Waals surface area contributed by atoms with Gasteiger partial charge in [0, 0.05) is 63.1 Å². The summed E-state index contributed by atoms with van der Waals surface area (Å²) in [5.41, 5.74) is 3.96. The number of benzene rings is 1. The summed E-state index contributed by atoms with van der Waals surface area (Å²) in [5, 5.41) is 0. The third-order valence-corrected chi connectivity index (χ3v) is 8.47. The summed E-state index contributed by atoms with van der Waals surface area (Å²) in [5.74, 6) is 1.61. The topological polar surface area (TPSA) is 49.6 Å². The van der Waals surface area contributed by atoms with Crippen LogP contribution in [0.4, 0.5) is 4.39 Å². The van der Waals surface area contributed by atoms with Crippen molar-refractivity contribution in [1.29, 1.82) is 0 Å². The van der Waals surface area contributed by atoms with Crippen molar-refractivity contribution in [3.63, 3.8) is 0 Å². The molecular weight excluding hydrogens is 496 g/mol. The second-order valence-corrected chi connectivity index (χ2v) is 10.6. The van der Waals surface area contributed by atoms with Gasteiger partial charge in [-0.25, -0.2) is 9.37 Å². The third kappa shape index (κ3) is 4.50. The fourth-order valence-corrected chi connectivity index (χ4v) is 6.76. The number of hydrogen-bond donors (Lipinski definition) is 0. The lowest BCUT2D eigenvalue weighted by atomic mass is 10.1. The Morgan fingerprint density at radius 1 is 1.27 bits per heavy atom. The Morgan fingerprint density at radius 3 is 2.83 bits per heavy atom. The molecule has 0 aliphatic carbocycles. The van der Waals surface area contributed by atoms with Gasteiger partial charge in [0.1, 0.15) is 18.1 Å². The molecule has 0 saturated carbocycles. The number of allylic oxidation sites excluding steroid dienone is 2. The lowest BCUT2D eigenvalue weighted by Gasteiger charge is -2.25. The molecular formula is C23H27FIN3O2. The van der Waals surface area contributed by atoms with Crippen LogP contribution in [0.5, 0.6) is 0 Å². The Bertz CT molecular complexity index is 1000. The maximum absolute atomic E-state index is 13.7. The Hall–Kier alpha value is -2.03. The van der Waals surface area contributed by atoms with Gasteiger partial charge in [-0.2, -0.15) is 0 Å². The van der Waals surface area contributed by atoms with Crippen molar-refractivity contribution in [1.82, 2.24) is 13.0 Å². The van der Waals surface area contributed by atoms with Crippen LogP contribution in [-0.4, -0.2) is 42.0 Å². The summed E-state index contributed by atoms with van der Waals surface area (Å²) in [4.78, 5) is 19.5. The largest absolute Gasteiger partial charge is 0.446 e. The standard InChI is InChI=1S/C23H27FIN3O2/c1-4-5-18-13-20(17-6-7-19(24)15(2)12-17)25-28(18)14-23(29)27-10-8-21-22(9-11-27)30-16(3)26-21/h6-7,12-13H,4-5,8-11,14H2,1-3H3.